The Morgan fingerprint density at radius 2 is 2.11 bits per heavy atom. The molecule has 0 amide bonds. The summed E-state index contributed by atoms with van der Waals surface area (Å²) in [6, 6.07) is 7.43. The highest BCUT2D eigenvalue weighted by Gasteiger charge is 2.22. The second kappa shape index (κ2) is 6.66. The van der Waals surface area contributed by atoms with Crippen molar-refractivity contribution in [2.24, 2.45) is 5.92 Å². The number of nitriles is 1. The summed E-state index contributed by atoms with van der Waals surface area (Å²) in [4.78, 5) is 0.0649. The molecule has 0 aliphatic carbocycles. The fourth-order valence-corrected chi connectivity index (χ4v) is 3.13. The summed E-state index contributed by atoms with van der Waals surface area (Å²) in [7, 11) is -3.67. The lowest BCUT2D eigenvalue weighted by atomic mass is 10.0. The molecule has 104 valence electrons. The van der Waals surface area contributed by atoms with Crippen molar-refractivity contribution in [1.29, 1.82) is 5.26 Å². The van der Waals surface area contributed by atoms with Crippen LogP contribution in [0, 0.1) is 17.2 Å². The van der Waals surface area contributed by atoms with Crippen LogP contribution in [-0.2, 0) is 10.0 Å². The zero-order chi connectivity index (χ0) is 14.5. The summed E-state index contributed by atoms with van der Waals surface area (Å²) >= 11 is 0. The topological polar surface area (TPSA) is 90.2 Å². The largest absolute Gasteiger partial charge is 0.396 e. The number of hydrogen-bond acceptors (Lipinski definition) is 4. The fraction of sp³-hybridized carbons (Fsp3) is 0.462. The number of aliphatic hydroxyl groups excluding tert-OH is 1. The monoisotopic (exact) mass is 282 g/mol. The Morgan fingerprint density at radius 1 is 1.42 bits per heavy atom. The predicted octanol–water partition coefficient (Wildman–Crippen LogP) is 1.24. The van der Waals surface area contributed by atoms with E-state index in [-0.39, 0.29) is 23.5 Å². The molecule has 0 saturated heterocycles. The van der Waals surface area contributed by atoms with Gasteiger partial charge in [-0.05, 0) is 30.5 Å². The first-order valence-corrected chi connectivity index (χ1v) is 7.52. The van der Waals surface area contributed by atoms with Gasteiger partial charge in [0.25, 0.3) is 0 Å². The van der Waals surface area contributed by atoms with E-state index in [9.17, 15) is 8.42 Å². The van der Waals surface area contributed by atoms with Crippen molar-refractivity contribution in [3.63, 3.8) is 0 Å². The summed E-state index contributed by atoms with van der Waals surface area (Å²) < 4.78 is 26.9. The van der Waals surface area contributed by atoms with Crippen LogP contribution in [0.2, 0.25) is 0 Å². The maximum Gasteiger partial charge on any atom is 0.240 e. The van der Waals surface area contributed by atoms with Gasteiger partial charge in [0.05, 0.1) is 16.5 Å². The number of rotatable bonds is 6. The van der Waals surface area contributed by atoms with Crippen LogP contribution in [0.5, 0.6) is 0 Å². The predicted molar refractivity (Wildman–Crippen MR) is 71.8 cm³/mol. The first-order chi connectivity index (χ1) is 8.90. The molecular weight excluding hydrogens is 264 g/mol. The number of nitrogens with zero attached hydrogens (tertiary/aromatic N) is 1. The van der Waals surface area contributed by atoms with Gasteiger partial charge in [0, 0.05) is 12.6 Å². The maximum absolute atomic E-state index is 12.2. The molecule has 0 radical (unpaired) electrons. The van der Waals surface area contributed by atoms with Crippen molar-refractivity contribution < 1.29 is 13.5 Å². The molecule has 1 aromatic carbocycles. The molecule has 0 aliphatic rings. The second-order valence-electron chi connectivity index (χ2n) is 4.62. The van der Waals surface area contributed by atoms with E-state index in [1.165, 1.54) is 18.2 Å². The molecular formula is C13H18N2O3S. The molecule has 0 saturated carbocycles. The van der Waals surface area contributed by atoms with Crippen molar-refractivity contribution in [2.75, 3.05) is 6.61 Å². The molecule has 0 spiro atoms. The van der Waals surface area contributed by atoms with Crippen LogP contribution in [0.1, 0.15) is 25.8 Å². The Kier molecular flexibility index (Phi) is 5.48. The lowest BCUT2D eigenvalue weighted by Gasteiger charge is -2.21. The molecule has 0 bridgehead atoms. The molecule has 5 nitrogen and oxygen atoms in total. The van der Waals surface area contributed by atoms with Gasteiger partial charge < -0.3 is 5.11 Å². The van der Waals surface area contributed by atoms with E-state index in [1.54, 1.807) is 6.07 Å². The lowest BCUT2D eigenvalue weighted by Crippen LogP contribution is -2.39. The van der Waals surface area contributed by atoms with Crippen LogP contribution in [0.3, 0.4) is 0 Å². The zero-order valence-corrected chi connectivity index (χ0v) is 11.8. The van der Waals surface area contributed by atoms with Gasteiger partial charge in [-0.2, -0.15) is 5.26 Å². The number of nitrogens with one attached hydrogen (secondary N) is 1. The van der Waals surface area contributed by atoms with Crippen LogP contribution in [0.4, 0.5) is 0 Å². The fourth-order valence-electron chi connectivity index (χ4n) is 1.67. The quantitative estimate of drug-likeness (QED) is 0.821. The summed E-state index contributed by atoms with van der Waals surface area (Å²) in [5.74, 6) is 0.0704. The van der Waals surface area contributed by atoms with Gasteiger partial charge in [-0.25, -0.2) is 13.1 Å². The minimum Gasteiger partial charge on any atom is -0.396 e. The smallest absolute Gasteiger partial charge is 0.240 e. The maximum atomic E-state index is 12.2. The Morgan fingerprint density at radius 3 is 2.63 bits per heavy atom. The third-order valence-corrected chi connectivity index (χ3v) is 4.31. The number of sulfonamides is 1. The van der Waals surface area contributed by atoms with Gasteiger partial charge >= 0.3 is 0 Å². The highest BCUT2D eigenvalue weighted by Crippen LogP contribution is 2.14. The molecule has 1 aromatic rings. The molecule has 1 unspecified atom stereocenters. The Labute approximate surface area is 113 Å². The van der Waals surface area contributed by atoms with Gasteiger partial charge in [0.15, 0.2) is 0 Å². The van der Waals surface area contributed by atoms with Crippen molar-refractivity contribution in [3.05, 3.63) is 29.8 Å². The zero-order valence-electron chi connectivity index (χ0n) is 11.0. The molecule has 0 heterocycles. The van der Waals surface area contributed by atoms with Gasteiger partial charge in [-0.1, -0.05) is 19.9 Å². The minimum absolute atomic E-state index is 0.0649. The standard InChI is InChI=1S/C13H18N2O3S/c1-10(2)13(6-7-16)15-19(17,18)12-5-3-4-11(8-12)9-14/h3-5,8,10,13,15-16H,6-7H2,1-2H3. The summed E-state index contributed by atoms with van der Waals surface area (Å²) in [5.41, 5.74) is 0.297. The first-order valence-electron chi connectivity index (χ1n) is 6.04. The van der Waals surface area contributed by atoms with Gasteiger partial charge in [-0.15, -0.1) is 0 Å². The van der Waals surface area contributed by atoms with E-state index >= 15 is 0 Å². The number of hydrogen-bond donors (Lipinski definition) is 2. The second-order valence-corrected chi connectivity index (χ2v) is 6.34. The average Bonchev–Trinajstić information content (AvgIpc) is 2.38. The molecule has 1 atom stereocenters. The van der Waals surface area contributed by atoms with Crippen LogP contribution in [0.25, 0.3) is 0 Å². The number of benzene rings is 1. The summed E-state index contributed by atoms with van der Waals surface area (Å²) in [6.45, 7) is 3.69. The number of aliphatic hydroxyl groups is 1. The highest BCUT2D eigenvalue weighted by atomic mass is 32.2. The van der Waals surface area contributed by atoms with E-state index in [0.717, 1.165) is 0 Å². The van der Waals surface area contributed by atoms with E-state index < -0.39 is 10.0 Å². The van der Waals surface area contributed by atoms with Gasteiger partial charge in [0.1, 0.15) is 0 Å². The minimum atomic E-state index is -3.67. The van der Waals surface area contributed by atoms with E-state index in [2.05, 4.69) is 4.72 Å². The van der Waals surface area contributed by atoms with Crippen LogP contribution >= 0.6 is 0 Å². The Bertz CT molecular complexity index is 561. The van der Waals surface area contributed by atoms with Crippen molar-refractivity contribution in [2.45, 2.75) is 31.2 Å². The van der Waals surface area contributed by atoms with Crippen LogP contribution in [0.15, 0.2) is 29.2 Å². The van der Waals surface area contributed by atoms with Gasteiger partial charge in [-0.3, -0.25) is 0 Å². The Balaban J connectivity index is 3.00. The third kappa shape index (κ3) is 4.31. The van der Waals surface area contributed by atoms with Crippen molar-refractivity contribution in [3.8, 4) is 6.07 Å². The molecule has 1 rings (SSSR count). The summed E-state index contributed by atoms with van der Waals surface area (Å²) in [5, 5.41) is 17.7. The van der Waals surface area contributed by atoms with Crippen molar-refractivity contribution >= 4 is 10.0 Å². The van der Waals surface area contributed by atoms with Crippen LogP contribution in [-0.4, -0.2) is 26.2 Å². The third-order valence-electron chi connectivity index (χ3n) is 2.82. The normalized spacial score (nSPS) is 13.2. The van der Waals surface area contributed by atoms with Crippen molar-refractivity contribution in [1.82, 2.24) is 4.72 Å². The molecule has 19 heavy (non-hydrogen) atoms. The Hall–Kier alpha value is -1.42. The molecule has 2 N–H and O–H groups in total. The first kappa shape index (κ1) is 15.6. The molecule has 0 aliphatic heterocycles. The van der Waals surface area contributed by atoms with E-state index in [1.807, 2.05) is 19.9 Å². The molecule has 0 fully saturated rings. The molecule has 0 aromatic heterocycles. The van der Waals surface area contributed by atoms with Gasteiger partial charge in [0.2, 0.25) is 10.0 Å². The van der Waals surface area contributed by atoms with Crippen LogP contribution < -0.4 is 4.72 Å². The van der Waals surface area contributed by atoms with E-state index in [0.29, 0.717) is 12.0 Å². The average molecular weight is 282 g/mol. The SMILES string of the molecule is CC(C)C(CCO)NS(=O)(=O)c1cccc(C#N)c1. The highest BCUT2D eigenvalue weighted by molar-refractivity contribution is 7.89. The molecule has 6 heteroatoms. The lowest BCUT2D eigenvalue weighted by molar-refractivity contribution is 0.256. The summed E-state index contributed by atoms with van der Waals surface area (Å²) in [6.07, 6.45) is 0.356. The van der Waals surface area contributed by atoms with E-state index in [4.69, 9.17) is 10.4 Å².